The van der Waals surface area contributed by atoms with Gasteiger partial charge in [0, 0.05) is 43.1 Å². The van der Waals surface area contributed by atoms with Crippen LogP contribution >= 0.6 is 11.6 Å². The SMILES string of the molecule is NC(=O)C1OC(=O)N(C(=O)NCCCN2CCC3(CC2)OC(=O)Nc2ccc(Cl)cc23)C1c1ccc(F)c(F)c1. The Morgan fingerprint density at radius 3 is 2.58 bits per heavy atom. The molecule has 3 aliphatic rings. The van der Waals surface area contributed by atoms with Gasteiger partial charge in [0.2, 0.25) is 6.10 Å². The summed E-state index contributed by atoms with van der Waals surface area (Å²) in [6.45, 7) is 2.04. The number of nitrogens with two attached hydrogens (primary N) is 1. The molecule has 2 fully saturated rings. The summed E-state index contributed by atoms with van der Waals surface area (Å²) < 4.78 is 38.0. The monoisotopic (exact) mass is 577 g/mol. The zero-order chi connectivity index (χ0) is 28.6. The summed E-state index contributed by atoms with van der Waals surface area (Å²) in [6, 6.07) is 5.80. The topological polar surface area (TPSA) is 143 Å². The van der Waals surface area contributed by atoms with Gasteiger partial charge in [-0.15, -0.1) is 0 Å². The van der Waals surface area contributed by atoms with Crippen LogP contribution in [-0.4, -0.2) is 66.2 Å². The second kappa shape index (κ2) is 10.9. The predicted octanol–water partition coefficient (Wildman–Crippen LogP) is 3.62. The third-order valence-corrected chi connectivity index (χ3v) is 7.60. The molecule has 3 heterocycles. The number of imide groups is 1. The van der Waals surface area contributed by atoms with Gasteiger partial charge in [-0.2, -0.15) is 0 Å². The lowest BCUT2D eigenvalue weighted by Gasteiger charge is -2.44. The highest BCUT2D eigenvalue weighted by Crippen LogP contribution is 2.44. The molecule has 2 aromatic rings. The second-order valence-electron chi connectivity index (χ2n) is 9.82. The molecule has 0 aliphatic carbocycles. The van der Waals surface area contributed by atoms with Crippen LogP contribution in [0.5, 0.6) is 0 Å². The van der Waals surface area contributed by atoms with Crippen molar-refractivity contribution in [2.24, 2.45) is 5.73 Å². The van der Waals surface area contributed by atoms with Crippen molar-refractivity contribution in [1.29, 1.82) is 0 Å². The molecular formula is C26H26ClF2N5O6. The van der Waals surface area contributed by atoms with Crippen LogP contribution in [0.25, 0.3) is 0 Å². The third kappa shape index (κ3) is 5.26. The number of anilines is 1. The van der Waals surface area contributed by atoms with Gasteiger partial charge < -0.3 is 25.4 Å². The molecular weight excluding hydrogens is 552 g/mol. The molecule has 11 nitrogen and oxygen atoms in total. The Morgan fingerprint density at radius 2 is 1.88 bits per heavy atom. The van der Waals surface area contributed by atoms with Gasteiger partial charge in [-0.1, -0.05) is 17.7 Å². The molecule has 0 saturated carbocycles. The maximum atomic E-state index is 13.9. The normalized spacial score (nSPS) is 21.8. The van der Waals surface area contributed by atoms with Crippen LogP contribution in [0.4, 0.5) is 28.9 Å². The lowest BCUT2D eigenvalue weighted by atomic mass is 9.82. The van der Waals surface area contributed by atoms with Gasteiger partial charge in [-0.25, -0.2) is 28.1 Å². The van der Waals surface area contributed by atoms with Crippen molar-refractivity contribution in [3.8, 4) is 0 Å². The molecule has 0 bridgehead atoms. The van der Waals surface area contributed by atoms with Crippen LogP contribution in [-0.2, 0) is 19.9 Å². The smallest absolute Gasteiger partial charge is 0.419 e. The van der Waals surface area contributed by atoms with E-state index in [0.29, 0.717) is 54.5 Å². The van der Waals surface area contributed by atoms with Crippen LogP contribution in [0.1, 0.15) is 36.4 Å². The molecule has 3 aliphatic heterocycles. The summed E-state index contributed by atoms with van der Waals surface area (Å²) >= 11 is 6.19. The zero-order valence-electron chi connectivity index (χ0n) is 21.1. The third-order valence-electron chi connectivity index (χ3n) is 7.36. The number of carbonyl (C=O) groups excluding carboxylic acids is 4. The van der Waals surface area contributed by atoms with Gasteiger partial charge in [0.05, 0.1) is 5.69 Å². The minimum absolute atomic E-state index is 0.0209. The van der Waals surface area contributed by atoms with Crippen molar-refractivity contribution in [1.82, 2.24) is 15.1 Å². The molecule has 1 spiro atoms. The number of primary amides is 1. The van der Waals surface area contributed by atoms with Gasteiger partial charge in [0.15, 0.2) is 11.6 Å². The van der Waals surface area contributed by atoms with Crippen LogP contribution in [0.3, 0.4) is 0 Å². The zero-order valence-corrected chi connectivity index (χ0v) is 21.9. The Morgan fingerprint density at radius 1 is 1.12 bits per heavy atom. The summed E-state index contributed by atoms with van der Waals surface area (Å²) in [6.07, 6.45) is -1.57. The van der Waals surface area contributed by atoms with E-state index in [1.165, 1.54) is 0 Å². The Labute approximate surface area is 232 Å². The van der Waals surface area contributed by atoms with E-state index >= 15 is 0 Å². The van der Waals surface area contributed by atoms with Crippen molar-refractivity contribution >= 4 is 41.4 Å². The minimum Gasteiger partial charge on any atom is -0.438 e. The van der Waals surface area contributed by atoms with E-state index < -0.39 is 53.5 Å². The molecule has 40 heavy (non-hydrogen) atoms. The maximum Gasteiger partial charge on any atom is 0.419 e. The fraction of sp³-hybridized carbons (Fsp3) is 0.385. The number of amides is 5. The van der Waals surface area contributed by atoms with E-state index in [1.54, 1.807) is 18.2 Å². The van der Waals surface area contributed by atoms with Gasteiger partial charge in [0.1, 0.15) is 11.6 Å². The van der Waals surface area contributed by atoms with E-state index in [2.05, 4.69) is 15.5 Å². The Balaban J connectivity index is 1.16. The molecule has 2 unspecified atom stereocenters. The molecule has 0 radical (unpaired) electrons. The van der Waals surface area contributed by atoms with E-state index in [0.717, 1.165) is 23.8 Å². The highest BCUT2D eigenvalue weighted by molar-refractivity contribution is 6.30. The van der Waals surface area contributed by atoms with Gasteiger partial charge in [-0.3, -0.25) is 10.1 Å². The second-order valence-corrected chi connectivity index (χ2v) is 10.3. The predicted molar refractivity (Wildman–Crippen MR) is 137 cm³/mol. The number of fused-ring (bicyclic) bond motifs is 2. The number of nitrogens with one attached hydrogen (secondary N) is 2. The molecule has 2 aromatic carbocycles. The van der Waals surface area contributed by atoms with Crippen molar-refractivity contribution in [3.05, 3.63) is 64.2 Å². The molecule has 5 amide bonds. The number of nitrogens with zero attached hydrogens (tertiary/aromatic N) is 2. The number of rotatable bonds is 6. The largest absolute Gasteiger partial charge is 0.438 e. The van der Waals surface area contributed by atoms with Crippen LogP contribution in [0, 0.1) is 11.6 Å². The average Bonchev–Trinajstić information content (AvgIpc) is 3.27. The average molecular weight is 578 g/mol. The molecule has 0 aromatic heterocycles. The molecule has 5 rings (SSSR count). The van der Waals surface area contributed by atoms with Crippen LogP contribution < -0.4 is 16.4 Å². The molecule has 2 saturated heterocycles. The van der Waals surface area contributed by atoms with Crippen molar-refractivity contribution < 1.29 is 37.4 Å². The number of likely N-dealkylation sites (tertiary alicyclic amines) is 1. The molecule has 4 N–H and O–H groups in total. The highest BCUT2D eigenvalue weighted by Gasteiger charge is 2.49. The number of carbonyl (C=O) groups is 4. The summed E-state index contributed by atoms with van der Waals surface area (Å²) in [5.74, 6) is -3.38. The number of hydrogen-bond acceptors (Lipinski definition) is 7. The summed E-state index contributed by atoms with van der Waals surface area (Å²) in [4.78, 5) is 52.2. The first-order valence-corrected chi connectivity index (χ1v) is 13.0. The highest BCUT2D eigenvalue weighted by atomic mass is 35.5. The number of piperidine rings is 1. The van der Waals surface area contributed by atoms with Crippen molar-refractivity contribution in [2.45, 2.75) is 37.0 Å². The number of hydrogen-bond donors (Lipinski definition) is 3. The number of ether oxygens (including phenoxy) is 2. The van der Waals surface area contributed by atoms with E-state index in [-0.39, 0.29) is 12.1 Å². The van der Waals surface area contributed by atoms with E-state index in [9.17, 15) is 28.0 Å². The van der Waals surface area contributed by atoms with Crippen LogP contribution in [0.2, 0.25) is 5.02 Å². The summed E-state index contributed by atoms with van der Waals surface area (Å²) in [5, 5.41) is 5.86. The molecule has 14 heteroatoms. The minimum atomic E-state index is -1.56. The Bertz CT molecular complexity index is 1370. The first kappa shape index (κ1) is 27.6. The van der Waals surface area contributed by atoms with Crippen molar-refractivity contribution in [3.63, 3.8) is 0 Å². The quantitative estimate of drug-likeness (QED) is 0.445. The maximum absolute atomic E-state index is 13.9. The first-order chi connectivity index (χ1) is 19.1. The first-order valence-electron chi connectivity index (χ1n) is 12.6. The van der Waals surface area contributed by atoms with E-state index in [1.807, 2.05) is 0 Å². The van der Waals surface area contributed by atoms with Gasteiger partial charge in [-0.05, 0) is 48.9 Å². The fourth-order valence-corrected chi connectivity index (χ4v) is 5.56. The molecule has 212 valence electrons. The number of urea groups is 1. The van der Waals surface area contributed by atoms with Crippen molar-refractivity contribution in [2.75, 3.05) is 31.5 Å². The summed E-state index contributed by atoms with van der Waals surface area (Å²) in [5.41, 5.74) is 6.06. The number of cyclic esters (lactones) is 1. The number of benzene rings is 2. The Hall–Kier alpha value is -3.97. The fourth-order valence-electron chi connectivity index (χ4n) is 5.38. The molecule has 2 atom stereocenters. The standard InChI is InChI=1S/C26H26ClF2N5O6/c27-15-3-5-19-16(13-15)26(40-24(37)32-19)6-10-33(11-7-26)9-1-8-31-23(36)34-20(21(22(30)35)39-25(34)38)14-2-4-17(28)18(29)12-14/h2-5,12-13,20-21H,1,6-11H2,(H2,30,35)(H,31,36)(H,32,37). The Kier molecular flexibility index (Phi) is 7.51. The van der Waals surface area contributed by atoms with Gasteiger partial charge >= 0.3 is 18.2 Å². The van der Waals surface area contributed by atoms with E-state index in [4.69, 9.17) is 26.8 Å². The lowest BCUT2D eigenvalue weighted by Crippen LogP contribution is -2.49. The van der Waals surface area contributed by atoms with Crippen LogP contribution in [0.15, 0.2) is 36.4 Å². The summed E-state index contributed by atoms with van der Waals surface area (Å²) in [7, 11) is 0. The number of halogens is 3. The lowest BCUT2D eigenvalue weighted by molar-refractivity contribution is -0.125. The van der Waals surface area contributed by atoms with Gasteiger partial charge in [0.25, 0.3) is 5.91 Å².